The van der Waals surface area contributed by atoms with Crippen molar-refractivity contribution in [2.45, 2.75) is 68.3 Å². The van der Waals surface area contributed by atoms with Gasteiger partial charge in [0, 0.05) is 6.92 Å². The van der Waals surface area contributed by atoms with Crippen LogP contribution in [0.4, 0.5) is 0 Å². The Bertz CT molecular complexity index is 486. The Morgan fingerprint density at radius 3 is 1.96 bits per heavy atom. The average Bonchev–Trinajstić information content (AvgIpc) is 2.64. The van der Waals surface area contributed by atoms with E-state index >= 15 is 0 Å². The fourth-order valence-corrected chi connectivity index (χ4v) is 2.80. The smallest absolute Gasteiger partial charge is 0.339 e. The largest absolute Gasteiger partial charge is 0.394 e. The molecule has 0 unspecified atom stereocenters. The number of carbonyl (C=O) groups is 1. The summed E-state index contributed by atoms with van der Waals surface area (Å²) in [6.45, 7) is -0.395. The van der Waals surface area contributed by atoms with E-state index < -0.39 is 80.6 Å². The van der Waals surface area contributed by atoms with E-state index in [0.29, 0.717) is 0 Å². The minimum Gasteiger partial charge on any atom is -0.394 e. The molecule has 0 aromatic rings. The van der Waals surface area contributed by atoms with E-state index in [9.17, 15) is 40.5 Å². The number of rotatable bonds is 6. The molecule has 2 fully saturated rings. The number of carbonyl (C=O) groups excluding carboxylic acids is 1. The molecule has 0 radical (unpaired) electrons. The fourth-order valence-electron chi connectivity index (χ4n) is 2.80. The molecular weight excluding hydrogens is 376 g/mol. The first-order valence-corrected chi connectivity index (χ1v) is 8.13. The van der Waals surface area contributed by atoms with Gasteiger partial charge in [-0.2, -0.15) is 4.89 Å². The predicted octanol–water partition coefficient (Wildman–Crippen LogP) is -4.89. The number of aliphatic hydroxyl groups excluding tert-OH is 7. The number of hydrogen-bond acceptors (Lipinski definition) is 13. The summed E-state index contributed by atoms with van der Waals surface area (Å²) in [5.41, 5.74) is 0. The summed E-state index contributed by atoms with van der Waals surface area (Å²) in [7, 11) is 0. The van der Waals surface area contributed by atoms with Crippen LogP contribution in [-0.4, -0.2) is 116 Å². The van der Waals surface area contributed by atoms with Gasteiger partial charge in [0.25, 0.3) is 0 Å². The minimum atomic E-state index is -1.79. The quantitative estimate of drug-likeness (QED) is 0.165. The highest BCUT2D eigenvalue weighted by Crippen LogP contribution is 2.29. The van der Waals surface area contributed by atoms with Crippen LogP contribution >= 0.6 is 0 Å². The summed E-state index contributed by atoms with van der Waals surface area (Å²) >= 11 is 0. The molecule has 0 bridgehead atoms. The van der Waals surface area contributed by atoms with Crippen LogP contribution in [-0.2, 0) is 28.8 Å². The summed E-state index contributed by atoms with van der Waals surface area (Å²) in [6.07, 6.45) is -15.9. The van der Waals surface area contributed by atoms with Gasteiger partial charge in [-0.05, 0) is 0 Å². The molecule has 0 aromatic carbocycles. The van der Waals surface area contributed by atoms with Crippen molar-refractivity contribution < 1.29 is 64.5 Å². The Morgan fingerprint density at radius 1 is 0.852 bits per heavy atom. The summed E-state index contributed by atoms with van der Waals surface area (Å²) in [6, 6.07) is 0. The lowest BCUT2D eigenvalue weighted by Crippen LogP contribution is -2.64. The number of ether oxygens (including phenoxy) is 3. The van der Waals surface area contributed by atoms with Crippen molar-refractivity contribution in [2.24, 2.45) is 0 Å². The van der Waals surface area contributed by atoms with Gasteiger partial charge in [0.2, 0.25) is 0 Å². The molecule has 13 heteroatoms. The summed E-state index contributed by atoms with van der Waals surface area (Å²) in [5, 5.41) is 68.3. The van der Waals surface area contributed by atoms with Gasteiger partial charge in [0.15, 0.2) is 18.7 Å². The maximum Gasteiger partial charge on any atom is 0.339 e. The number of aliphatic hydroxyl groups is 7. The summed E-state index contributed by atoms with van der Waals surface area (Å²) in [4.78, 5) is 19.8. The molecule has 2 heterocycles. The van der Waals surface area contributed by atoms with Gasteiger partial charge in [-0.1, -0.05) is 0 Å². The fraction of sp³-hybridized carbons (Fsp3) is 0.929. The van der Waals surface area contributed by atoms with Crippen LogP contribution in [0.25, 0.3) is 0 Å². The molecule has 2 aliphatic rings. The molecule has 13 nitrogen and oxygen atoms in total. The number of hydrogen-bond donors (Lipinski definition) is 7. The molecule has 7 N–H and O–H groups in total. The molecular formula is C14H24O13. The molecule has 158 valence electrons. The van der Waals surface area contributed by atoms with E-state index in [1.54, 1.807) is 0 Å². The molecule has 0 amide bonds. The first-order chi connectivity index (χ1) is 12.7. The van der Waals surface area contributed by atoms with E-state index in [1.807, 2.05) is 0 Å². The zero-order valence-electron chi connectivity index (χ0n) is 14.3. The van der Waals surface area contributed by atoms with Gasteiger partial charge >= 0.3 is 5.97 Å². The van der Waals surface area contributed by atoms with Crippen LogP contribution in [0.3, 0.4) is 0 Å². The van der Waals surface area contributed by atoms with Crippen molar-refractivity contribution in [1.29, 1.82) is 0 Å². The predicted molar refractivity (Wildman–Crippen MR) is 79.3 cm³/mol. The van der Waals surface area contributed by atoms with Crippen molar-refractivity contribution in [2.75, 3.05) is 13.2 Å². The molecule has 0 spiro atoms. The van der Waals surface area contributed by atoms with E-state index in [2.05, 4.69) is 9.78 Å². The summed E-state index contributed by atoms with van der Waals surface area (Å²) < 4.78 is 15.5. The lowest BCUT2D eigenvalue weighted by molar-refractivity contribution is -0.392. The minimum absolute atomic E-state index is 0.710. The van der Waals surface area contributed by atoms with Crippen LogP contribution < -0.4 is 0 Å². The van der Waals surface area contributed by atoms with Crippen LogP contribution in [0.5, 0.6) is 0 Å². The van der Waals surface area contributed by atoms with Crippen LogP contribution in [0.2, 0.25) is 0 Å². The lowest BCUT2D eigenvalue weighted by atomic mass is 9.97. The maximum atomic E-state index is 10.8. The second kappa shape index (κ2) is 9.49. The first kappa shape index (κ1) is 22.3. The maximum absolute atomic E-state index is 10.8. The van der Waals surface area contributed by atoms with Gasteiger partial charge in [-0.15, -0.1) is 0 Å². The zero-order chi connectivity index (χ0) is 20.3. The lowest BCUT2D eigenvalue weighted by Gasteiger charge is -2.45. The third-order valence-electron chi connectivity index (χ3n) is 4.23. The van der Waals surface area contributed by atoms with Gasteiger partial charge in [0.05, 0.1) is 13.2 Å². The van der Waals surface area contributed by atoms with E-state index in [1.165, 1.54) is 0 Å². The Labute approximate surface area is 153 Å². The van der Waals surface area contributed by atoms with Gasteiger partial charge in [-0.25, -0.2) is 4.79 Å². The molecule has 10 atom stereocenters. The van der Waals surface area contributed by atoms with Gasteiger partial charge in [-0.3, -0.25) is 4.89 Å². The topological polar surface area (TPSA) is 205 Å². The normalized spacial score (nSPS) is 45.5. The third kappa shape index (κ3) is 4.90. The van der Waals surface area contributed by atoms with Crippen molar-refractivity contribution >= 4 is 5.97 Å². The molecule has 27 heavy (non-hydrogen) atoms. The second-order valence-electron chi connectivity index (χ2n) is 6.17. The van der Waals surface area contributed by atoms with Crippen molar-refractivity contribution in [3.63, 3.8) is 0 Å². The monoisotopic (exact) mass is 400 g/mol. The Kier molecular flexibility index (Phi) is 7.84. The average molecular weight is 400 g/mol. The third-order valence-corrected chi connectivity index (χ3v) is 4.23. The van der Waals surface area contributed by atoms with E-state index in [4.69, 9.17) is 14.2 Å². The molecule has 2 saturated heterocycles. The Morgan fingerprint density at radius 2 is 1.41 bits per heavy atom. The molecule has 0 aliphatic carbocycles. The molecule has 0 saturated carbocycles. The molecule has 2 rings (SSSR count). The van der Waals surface area contributed by atoms with Gasteiger partial charge in [0.1, 0.15) is 42.7 Å². The van der Waals surface area contributed by atoms with Gasteiger partial charge < -0.3 is 50.0 Å². The zero-order valence-corrected chi connectivity index (χ0v) is 14.3. The highest BCUT2D eigenvalue weighted by atomic mass is 17.2. The van der Waals surface area contributed by atoms with Crippen LogP contribution in [0.1, 0.15) is 6.92 Å². The SMILES string of the molecule is CC(=O)OO[C@H]1[C@H](O)[C@@H](O)[C@H](O[C@H]2[C@H](O)[C@@H](O)[C@H](O)O[C@@H]2CO)O[C@@H]1CO. The van der Waals surface area contributed by atoms with Crippen molar-refractivity contribution in [3.05, 3.63) is 0 Å². The first-order valence-electron chi connectivity index (χ1n) is 8.13. The van der Waals surface area contributed by atoms with E-state index in [0.717, 1.165) is 6.92 Å². The second-order valence-corrected chi connectivity index (χ2v) is 6.17. The standard InChI is InChI=1S/C14H24O13/c1-4(17)26-27-12-6(3-16)24-14(10(21)8(12)19)25-11-5(2-15)23-13(22)9(20)7(11)18/h5-16,18-22H,2-3H2,1H3/t5-,6-,7-,8-,9-,10-,11-,12-,13-,14+/m1/s1. The van der Waals surface area contributed by atoms with Crippen LogP contribution in [0.15, 0.2) is 0 Å². The Balaban J connectivity index is 2.10. The highest BCUT2D eigenvalue weighted by Gasteiger charge is 2.51. The van der Waals surface area contributed by atoms with Crippen molar-refractivity contribution in [3.8, 4) is 0 Å². The molecule has 2 aliphatic heterocycles. The highest BCUT2D eigenvalue weighted by molar-refractivity contribution is 5.65. The van der Waals surface area contributed by atoms with Crippen LogP contribution in [0, 0.1) is 0 Å². The molecule has 0 aromatic heterocycles. The van der Waals surface area contributed by atoms with E-state index in [-0.39, 0.29) is 0 Å². The summed E-state index contributed by atoms with van der Waals surface area (Å²) in [5.74, 6) is -0.840. The van der Waals surface area contributed by atoms with Crippen molar-refractivity contribution in [1.82, 2.24) is 0 Å². The Hall–Kier alpha value is -0.970.